The van der Waals surface area contributed by atoms with Crippen LogP contribution in [0.2, 0.25) is 0 Å². The summed E-state index contributed by atoms with van der Waals surface area (Å²) < 4.78 is 12.9. The van der Waals surface area contributed by atoms with E-state index < -0.39 is 0 Å². The molecule has 1 aromatic carbocycles. The minimum atomic E-state index is -0.199. The number of carbonyl (C=O) groups is 1. The summed E-state index contributed by atoms with van der Waals surface area (Å²) in [6, 6.07) is 5.64. The van der Waals surface area contributed by atoms with Gasteiger partial charge in [0.1, 0.15) is 10.7 Å². The first-order valence-corrected chi connectivity index (χ1v) is 12.0. The van der Waals surface area contributed by atoms with Crippen molar-refractivity contribution in [1.82, 2.24) is 14.9 Å². The lowest BCUT2D eigenvalue weighted by Gasteiger charge is -2.12. The van der Waals surface area contributed by atoms with Crippen LogP contribution in [0.3, 0.4) is 0 Å². The van der Waals surface area contributed by atoms with Crippen LogP contribution in [-0.2, 0) is 19.5 Å². The normalized spacial score (nSPS) is 13.5. The first kappa shape index (κ1) is 22.3. The average molecular weight is 456 g/mol. The highest BCUT2D eigenvalue weighted by molar-refractivity contribution is 7.20. The van der Waals surface area contributed by atoms with Crippen molar-refractivity contribution in [2.75, 3.05) is 13.7 Å². The van der Waals surface area contributed by atoms with Crippen LogP contribution in [0.5, 0.6) is 11.5 Å². The first-order valence-electron chi connectivity index (χ1n) is 11.1. The third-order valence-electron chi connectivity index (χ3n) is 5.76. The quantitative estimate of drug-likeness (QED) is 0.577. The van der Waals surface area contributed by atoms with Crippen LogP contribution in [0.25, 0.3) is 10.2 Å². The Morgan fingerprint density at radius 1 is 1.25 bits per heavy atom. The summed E-state index contributed by atoms with van der Waals surface area (Å²) in [7, 11) is 1.60. The monoisotopic (exact) mass is 455 g/mol. The number of aryl methyl sites for hydroxylation is 2. The number of rotatable bonds is 7. The second-order valence-corrected chi connectivity index (χ2v) is 9.05. The predicted molar refractivity (Wildman–Crippen MR) is 126 cm³/mol. The van der Waals surface area contributed by atoms with Gasteiger partial charge >= 0.3 is 0 Å². The van der Waals surface area contributed by atoms with Crippen LogP contribution >= 0.6 is 11.3 Å². The Labute approximate surface area is 191 Å². The Hall–Kier alpha value is -2.87. The number of nitrogens with one attached hydrogen (secondary N) is 1. The summed E-state index contributed by atoms with van der Waals surface area (Å²) in [5, 5.41) is 3.54. The van der Waals surface area contributed by atoms with E-state index in [2.05, 4.69) is 5.32 Å². The summed E-state index contributed by atoms with van der Waals surface area (Å²) >= 11 is 1.30. The van der Waals surface area contributed by atoms with Crippen molar-refractivity contribution in [1.29, 1.82) is 0 Å². The van der Waals surface area contributed by atoms with Crippen molar-refractivity contribution >= 4 is 27.5 Å². The minimum Gasteiger partial charge on any atom is -0.493 e. The number of amides is 1. The molecule has 0 atom stereocenters. The van der Waals surface area contributed by atoms with Gasteiger partial charge in [-0.1, -0.05) is 19.4 Å². The van der Waals surface area contributed by atoms with Gasteiger partial charge in [-0.05, 0) is 49.4 Å². The molecule has 0 bridgehead atoms. The summed E-state index contributed by atoms with van der Waals surface area (Å²) in [6.45, 7) is 5.55. The van der Waals surface area contributed by atoms with E-state index in [4.69, 9.17) is 14.5 Å². The molecule has 1 aliphatic rings. The van der Waals surface area contributed by atoms with E-state index in [0.29, 0.717) is 51.9 Å². The van der Waals surface area contributed by atoms with Gasteiger partial charge in [0.05, 0.1) is 24.0 Å². The molecule has 4 rings (SSSR count). The molecule has 0 spiro atoms. The Morgan fingerprint density at radius 2 is 2.09 bits per heavy atom. The maximum absolute atomic E-state index is 13.1. The molecule has 170 valence electrons. The second kappa shape index (κ2) is 9.73. The maximum atomic E-state index is 13.1. The number of aromatic nitrogens is 2. The van der Waals surface area contributed by atoms with Gasteiger partial charge in [0.2, 0.25) is 0 Å². The first-order chi connectivity index (χ1) is 15.5. The van der Waals surface area contributed by atoms with Gasteiger partial charge in [-0.15, -0.1) is 11.3 Å². The number of ether oxygens (including phenoxy) is 2. The number of fused-ring (bicyclic) bond motifs is 2. The standard InChI is InChI=1S/C24H29N3O4S/c1-4-12-31-17-10-9-16(13-18(17)30-3)14-25-22(28)21-15(2)20-23(32-21)26-19-8-6-5-7-11-27(19)24(20)29/h9-10,13H,4-8,11-12,14H2,1-3H3,(H,25,28). The van der Waals surface area contributed by atoms with Crippen LogP contribution in [-0.4, -0.2) is 29.2 Å². The number of benzene rings is 1. The van der Waals surface area contributed by atoms with Gasteiger partial charge in [-0.25, -0.2) is 4.98 Å². The Morgan fingerprint density at radius 3 is 2.88 bits per heavy atom. The van der Waals surface area contributed by atoms with E-state index in [1.807, 2.05) is 32.0 Å². The fourth-order valence-electron chi connectivity index (χ4n) is 4.04. The van der Waals surface area contributed by atoms with Gasteiger partial charge in [0.15, 0.2) is 11.5 Å². The molecule has 7 nitrogen and oxygen atoms in total. The average Bonchev–Trinajstić information content (AvgIpc) is 2.97. The number of hydrogen-bond donors (Lipinski definition) is 1. The molecule has 0 saturated carbocycles. The summed E-state index contributed by atoms with van der Waals surface area (Å²) in [5.41, 5.74) is 1.59. The van der Waals surface area contributed by atoms with Crippen molar-refractivity contribution < 1.29 is 14.3 Å². The smallest absolute Gasteiger partial charge is 0.262 e. The fourth-order valence-corrected chi connectivity index (χ4v) is 5.15. The molecule has 1 N–H and O–H groups in total. The van der Waals surface area contributed by atoms with E-state index >= 15 is 0 Å². The van der Waals surface area contributed by atoms with E-state index in [-0.39, 0.29) is 11.5 Å². The zero-order valence-electron chi connectivity index (χ0n) is 18.8. The third-order valence-corrected chi connectivity index (χ3v) is 6.94. The molecule has 3 heterocycles. The van der Waals surface area contributed by atoms with Gasteiger partial charge in [0.25, 0.3) is 11.5 Å². The zero-order chi connectivity index (χ0) is 22.7. The maximum Gasteiger partial charge on any atom is 0.262 e. The lowest BCUT2D eigenvalue weighted by atomic mass is 10.1. The lowest BCUT2D eigenvalue weighted by Crippen LogP contribution is -2.25. The highest BCUT2D eigenvalue weighted by atomic mass is 32.1. The molecular formula is C24H29N3O4S. The zero-order valence-corrected chi connectivity index (χ0v) is 19.6. The SMILES string of the molecule is CCCOc1ccc(CNC(=O)c2sc3nc4n(c(=O)c3c2C)CCCCC4)cc1OC. The summed E-state index contributed by atoms with van der Waals surface area (Å²) in [6.07, 6.45) is 4.86. The number of methoxy groups -OCH3 is 1. The van der Waals surface area contributed by atoms with Gasteiger partial charge < -0.3 is 14.8 Å². The molecule has 8 heteroatoms. The van der Waals surface area contributed by atoms with Crippen molar-refractivity contribution in [2.24, 2.45) is 0 Å². The van der Waals surface area contributed by atoms with Crippen LogP contribution in [0.1, 0.15) is 59.2 Å². The van der Waals surface area contributed by atoms with Gasteiger partial charge in [0, 0.05) is 19.5 Å². The van der Waals surface area contributed by atoms with Gasteiger partial charge in [-0.3, -0.25) is 14.2 Å². The van der Waals surface area contributed by atoms with Crippen LogP contribution in [0, 0.1) is 6.92 Å². The molecule has 3 aromatic rings. The predicted octanol–water partition coefficient (Wildman–Crippen LogP) is 4.22. The van der Waals surface area contributed by atoms with Crippen molar-refractivity contribution in [3.63, 3.8) is 0 Å². The Balaban J connectivity index is 1.55. The molecule has 1 aliphatic heterocycles. The minimum absolute atomic E-state index is 0.0212. The molecule has 1 amide bonds. The molecular weight excluding hydrogens is 426 g/mol. The number of hydrogen-bond acceptors (Lipinski definition) is 6. The molecule has 32 heavy (non-hydrogen) atoms. The largest absolute Gasteiger partial charge is 0.493 e. The third kappa shape index (κ3) is 4.37. The highest BCUT2D eigenvalue weighted by Crippen LogP contribution is 2.30. The van der Waals surface area contributed by atoms with E-state index in [1.54, 1.807) is 11.7 Å². The van der Waals surface area contributed by atoms with E-state index in [1.165, 1.54) is 11.3 Å². The fraction of sp³-hybridized carbons (Fsp3) is 0.458. The van der Waals surface area contributed by atoms with Crippen LogP contribution < -0.4 is 20.3 Å². The number of nitrogens with zero attached hydrogens (tertiary/aromatic N) is 2. The van der Waals surface area contributed by atoms with Crippen LogP contribution in [0.15, 0.2) is 23.0 Å². The van der Waals surface area contributed by atoms with E-state index in [0.717, 1.165) is 43.5 Å². The second-order valence-electron chi connectivity index (χ2n) is 8.05. The number of thiophene rings is 1. The van der Waals surface area contributed by atoms with Crippen molar-refractivity contribution in [3.8, 4) is 11.5 Å². The van der Waals surface area contributed by atoms with Crippen molar-refractivity contribution in [3.05, 3.63) is 50.4 Å². The Bertz CT molecular complexity index is 1200. The molecule has 2 aromatic heterocycles. The van der Waals surface area contributed by atoms with E-state index in [9.17, 15) is 9.59 Å². The molecule has 0 fully saturated rings. The van der Waals surface area contributed by atoms with Gasteiger partial charge in [-0.2, -0.15) is 0 Å². The van der Waals surface area contributed by atoms with Crippen LogP contribution in [0.4, 0.5) is 0 Å². The van der Waals surface area contributed by atoms with Crippen molar-refractivity contribution in [2.45, 2.75) is 59.0 Å². The molecule has 0 aliphatic carbocycles. The molecule has 0 unspecified atom stereocenters. The lowest BCUT2D eigenvalue weighted by molar-refractivity contribution is 0.0954. The summed E-state index contributed by atoms with van der Waals surface area (Å²) in [4.78, 5) is 32.0. The molecule has 0 saturated heterocycles. The Kier molecular flexibility index (Phi) is 6.79. The topological polar surface area (TPSA) is 82.5 Å². The number of carbonyl (C=O) groups excluding carboxylic acids is 1. The highest BCUT2D eigenvalue weighted by Gasteiger charge is 2.22. The summed E-state index contributed by atoms with van der Waals surface area (Å²) in [5.74, 6) is 1.97. The molecule has 0 radical (unpaired) electrons.